The molecule has 1 atom stereocenters. The number of nitrogens with zero attached hydrogens (tertiary/aromatic N) is 2. The molecule has 1 aromatic carbocycles. The fourth-order valence-corrected chi connectivity index (χ4v) is 3.63. The van der Waals surface area contributed by atoms with Crippen LogP contribution in [-0.2, 0) is 6.54 Å². The first-order valence-corrected chi connectivity index (χ1v) is 8.10. The summed E-state index contributed by atoms with van der Waals surface area (Å²) in [6.07, 6.45) is 4.53. The van der Waals surface area contributed by atoms with Crippen LogP contribution < -0.4 is 0 Å². The number of pyridine rings is 1. The van der Waals surface area contributed by atoms with E-state index in [4.69, 9.17) is 0 Å². The normalized spacial score (nSPS) is 20.2. The summed E-state index contributed by atoms with van der Waals surface area (Å²) in [5.74, 6) is 0.863. The first-order chi connectivity index (χ1) is 9.36. The maximum absolute atomic E-state index is 4.54. The molecule has 1 aliphatic heterocycles. The zero-order valence-electron chi connectivity index (χ0n) is 11.1. The smallest absolute Gasteiger partial charge is 0.0746 e. The minimum absolute atomic E-state index is 0.863. The van der Waals surface area contributed by atoms with Crippen molar-refractivity contribution < 1.29 is 0 Å². The molecule has 0 bridgehead atoms. The van der Waals surface area contributed by atoms with Crippen molar-refractivity contribution in [3.05, 3.63) is 42.1 Å². The Kier molecular flexibility index (Phi) is 4.14. The highest BCUT2D eigenvalue weighted by Gasteiger charge is 2.22. The monoisotopic (exact) mass is 318 g/mol. The lowest BCUT2D eigenvalue weighted by molar-refractivity contribution is 0.316. The van der Waals surface area contributed by atoms with E-state index in [-0.39, 0.29) is 0 Å². The molecular weight excluding hydrogens is 300 g/mol. The van der Waals surface area contributed by atoms with Crippen molar-refractivity contribution in [3.63, 3.8) is 0 Å². The minimum Gasteiger partial charge on any atom is -0.299 e. The van der Waals surface area contributed by atoms with Gasteiger partial charge in [0.2, 0.25) is 0 Å². The molecule has 0 radical (unpaired) electrons. The number of para-hydroxylation sites is 1. The molecule has 2 aromatic rings. The van der Waals surface area contributed by atoms with E-state index in [9.17, 15) is 0 Å². The van der Waals surface area contributed by atoms with Crippen LogP contribution in [-0.4, -0.2) is 28.3 Å². The summed E-state index contributed by atoms with van der Waals surface area (Å²) in [5.41, 5.74) is 2.52. The molecule has 0 spiro atoms. The van der Waals surface area contributed by atoms with Crippen LogP contribution >= 0.6 is 15.9 Å². The van der Waals surface area contributed by atoms with Crippen molar-refractivity contribution in [2.45, 2.75) is 19.4 Å². The number of halogens is 1. The maximum Gasteiger partial charge on any atom is 0.0746 e. The van der Waals surface area contributed by atoms with Crippen LogP contribution in [0.25, 0.3) is 10.9 Å². The van der Waals surface area contributed by atoms with Crippen molar-refractivity contribution in [1.29, 1.82) is 0 Å². The molecule has 2 nitrogen and oxygen atoms in total. The Hall–Kier alpha value is -0.930. The van der Waals surface area contributed by atoms with Gasteiger partial charge in [-0.2, -0.15) is 0 Å². The van der Waals surface area contributed by atoms with Crippen LogP contribution in [0.4, 0.5) is 0 Å². The molecule has 3 heteroatoms. The van der Waals surface area contributed by atoms with Crippen LogP contribution in [0.15, 0.2) is 36.5 Å². The number of benzene rings is 1. The van der Waals surface area contributed by atoms with Gasteiger partial charge in [-0.15, -0.1) is 0 Å². The van der Waals surface area contributed by atoms with Gasteiger partial charge in [-0.05, 0) is 36.9 Å². The van der Waals surface area contributed by atoms with Crippen molar-refractivity contribution in [1.82, 2.24) is 9.88 Å². The molecule has 2 heterocycles. The van der Waals surface area contributed by atoms with E-state index in [1.165, 1.54) is 36.9 Å². The quantitative estimate of drug-likeness (QED) is 0.796. The lowest BCUT2D eigenvalue weighted by atomic mass is 10.1. The van der Waals surface area contributed by atoms with E-state index in [1.807, 2.05) is 12.3 Å². The molecule has 1 aromatic heterocycles. The van der Waals surface area contributed by atoms with Gasteiger partial charge in [-0.3, -0.25) is 9.88 Å². The van der Waals surface area contributed by atoms with E-state index in [0.29, 0.717) is 0 Å². The van der Waals surface area contributed by atoms with Gasteiger partial charge in [0.15, 0.2) is 0 Å². The first kappa shape index (κ1) is 13.1. The van der Waals surface area contributed by atoms with Crippen molar-refractivity contribution in [3.8, 4) is 0 Å². The summed E-state index contributed by atoms with van der Waals surface area (Å²) in [4.78, 5) is 7.11. The third-order valence-corrected chi connectivity index (χ3v) is 4.46. The zero-order chi connectivity index (χ0) is 13.1. The van der Waals surface area contributed by atoms with Gasteiger partial charge in [0.25, 0.3) is 0 Å². The fourth-order valence-electron chi connectivity index (χ4n) is 2.98. The molecule has 19 heavy (non-hydrogen) atoms. The molecule has 0 saturated carbocycles. The predicted octanol–water partition coefficient (Wildman–Crippen LogP) is 3.84. The van der Waals surface area contributed by atoms with E-state index in [1.54, 1.807) is 0 Å². The highest BCUT2D eigenvalue weighted by atomic mass is 79.9. The highest BCUT2D eigenvalue weighted by Crippen LogP contribution is 2.24. The second-order valence-electron chi connectivity index (χ2n) is 5.36. The van der Waals surface area contributed by atoms with Crippen molar-refractivity contribution in [2.75, 3.05) is 18.4 Å². The molecule has 0 amide bonds. The molecule has 0 N–H and O–H groups in total. The van der Waals surface area contributed by atoms with Gasteiger partial charge in [-0.1, -0.05) is 40.2 Å². The maximum atomic E-state index is 4.54. The van der Waals surface area contributed by atoms with E-state index in [0.717, 1.165) is 23.3 Å². The van der Waals surface area contributed by atoms with Gasteiger partial charge in [0, 0.05) is 30.0 Å². The summed E-state index contributed by atoms with van der Waals surface area (Å²) in [5, 5.41) is 2.37. The van der Waals surface area contributed by atoms with Crippen LogP contribution in [0.5, 0.6) is 0 Å². The molecule has 1 aliphatic rings. The van der Waals surface area contributed by atoms with Crippen molar-refractivity contribution >= 4 is 26.8 Å². The van der Waals surface area contributed by atoms with Crippen LogP contribution in [0.2, 0.25) is 0 Å². The average molecular weight is 319 g/mol. The number of rotatable bonds is 4. The largest absolute Gasteiger partial charge is 0.299 e. The molecular formula is C16H19BrN2. The molecule has 1 unspecified atom stereocenters. The summed E-state index contributed by atoms with van der Waals surface area (Å²) in [6.45, 7) is 3.49. The average Bonchev–Trinajstić information content (AvgIpc) is 2.87. The topological polar surface area (TPSA) is 16.1 Å². The van der Waals surface area contributed by atoms with Gasteiger partial charge in [0.05, 0.1) is 5.52 Å². The zero-order valence-corrected chi connectivity index (χ0v) is 12.6. The Morgan fingerprint density at radius 3 is 3.05 bits per heavy atom. The number of aromatic nitrogens is 1. The Labute approximate surface area is 123 Å². The Bertz CT molecular complexity index is 550. The lowest BCUT2D eigenvalue weighted by Gasteiger charge is -2.16. The fraction of sp³-hybridized carbons (Fsp3) is 0.438. The number of hydrogen-bond acceptors (Lipinski definition) is 2. The molecule has 3 rings (SSSR count). The standard InChI is InChI=1S/C16H19BrN2/c17-8-6-13-7-10-19(11-13)12-15-4-1-3-14-5-2-9-18-16(14)15/h1-5,9,13H,6-8,10-12H2. The van der Waals surface area contributed by atoms with Crippen molar-refractivity contribution in [2.24, 2.45) is 5.92 Å². The van der Waals surface area contributed by atoms with Gasteiger partial charge < -0.3 is 0 Å². The number of likely N-dealkylation sites (tertiary alicyclic amines) is 1. The van der Waals surface area contributed by atoms with Crippen LogP contribution in [0.1, 0.15) is 18.4 Å². The van der Waals surface area contributed by atoms with Crippen LogP contribution in [0.3, 0.4) is 0 Å². The number of alkyl halides is 1. The third-order valence-electron chi connectivity index (χ3n) is 4.00. The Morgan fingerprint density at radius 1 is 1.26 bits per heavy atom. The van der Waals surface area contributed by atoms with Crippen LogP contribution in [0, 0.1) is 5.92 Å². The molecule has 100 valence electrons. The van der Waals surface area contributed by atoms with Gasteiger partial charge >= 0.3 is 0 Å². The third kappa shape index (κ3) is 2.98. The Balaban J connectivity index is 1.75. The molecule has 1 fully saturated rings. The first-order valence-electron chi connectivity index (χ1n) is 6.98. The molecule has 0 aliphatic carbocycles. The van der Waals surface area contributed by atoms with E-state index in [2.05, 4.69) is 50.1 Å². The number of fused-ring (bicyclic) bond motifs is 1. The summed E-state index contributed by atoms with van der Waals surface area (Å²) >= 11 is 3.55. The number of hydrogen-bond donors (Lipinski definition) is 0. The Morgan fingerprint density at radius 2 is 2.16 bits per heavy atom. The summed E-state index contributed by atoms with van der Waals surface area (Å²) < 4.78 is 0. The SMILES string of the molecule is BrCCC1CCN(Cc2cccc3cccnc23)C1. The second-order valence-corrected chi connectivity index (χ2v) is 6.15. The highest BCUT2D eigenvalue weighted by molar-refractivity contribution is 9.09. The van der Waals surface area contributed by atoms with E-state index >= 15 is 0 Å². The van der Waals surface area contributed by atoms with Gasteiger partial charge in [0.1, 0.15) is 0 Å². The lowest BCUT2D eigenvalue weighted by Crippen LogP contribution is -2.20. The second kappa shape index (κ2) is 6.02. The summed E-state index contributed by atoms with van der Waals surface area (Å²) in [7, 11) is 0. The van der Waals surface area contributed by atoms with E-state index < -0.39 is 0 Å². The molecule has 1 saturated heterocycles. The summed E-state index contributed by atoms with van der Waals surface area (Å²) in [6, 6.07) is 10.7. The van der Waals surface area contributed by atoms with Gasteiger partial charge in [-0.25, -0.2) is 0 Å². The minimum atomic E-state index is 0.863. The predicted molar refractivity (Wildman–Crippen MR) is 83.5 cm³/mol.